The first kappa shape index (κ1) is 11.4. The van der Waals surface area contributed by atoms with Crippen LogP contribution in [0, 0.1) is 17.8 Å². The van der Waals surface area contributed by atoms with E-state index in [1.807, 2.05) is 0 Å². The average molecular weight is 226 g/mol. The fraction of sp³-hybridized carbons (Fsp3) is 0.818. The molecule has 1 amide bonds. The highest BCUT2D eigenvalue weighted by atomic mass is 16.4. The fourth-order valence-corrected chi connectivity index (χ4v) is 2.70. The standard InChI is InChI=1S/C11H18N2O3/c14-10-9(11(15)16)4-8(6-13-10)7-2-1-3-12-5-7/h7-9,12H,1-6H2,(H,13,14)(H,15,16)/t7-,8-,9-/m1/s1. The maximum atomic E-state index is 11.4. The van der Waals surface area contributed by atoms with E-state index >= 15 is 0 Å². The third-order valence-corrected chi connectivity index (χ3v) is 3.69. The summed E-state index contributed by atoms with van der Waals surface area (Å²) in [5.41, 5.74) is 0. The maximum absolute atomic E-state index is 11.4. The van der Waals surface area contributed by atoms with Crippen LogP contribution in [0.4, 0.5) is 0 Å². The summed E-state index contributed by atoms with van der Waals surface area (Å²) in [4.78, 5) is 22.3. The molecule has 2 fully saturated rings. The average Bonchev–Trinajstić information content (AvgIpc) is 2.30. The van der Waals surface area contributed by atoms with Gasteiger partial charge in [-0.2, -0.15) is 0 Å². The molecule has 0 bridgehead atoms. The summed E-state index contributed by atoms with van der Waals surface area (Å²) in [7, 11) is 0. The van der Waals surface area contributed by atoms with E-state index < -0.39 is 11.9 Å². The minimum atomic E-state index is -0.994. The van der Waals surface area contributed by atoms with Gasteiger partial charge in [0.1, 0.15) is 5.92 Å². The number of rotatable bonds is 2. The molecule has 0 aromatic carbocycles. The van der Waals surface area contributed by atoms with Crippen molar-refractivity contribution in [2.24, 2.45) is 17.8 Å². The van der Waals surface area contributed by atoms with Crippen molar-refractivity contribution in [1.82, 2.24) is 10.6 Å². The third kappa shape index (κ3) is 2.35. The molecule has 2 heterocycles. The minimum Gasteiger partial charge on any atom is -0.481 e. The second-order valence-corrected chi connectivity index (χ2v) is 4.74. The Morgan fingerprint density at radius 3 is 2.75 bits per heavy atom. The van der Waals surface area contributed by atoms with E-state index in [0.29, 0.717) is 24.8 Å². The van der Waals surface area contributed by atoms with Gasteiger partial charge in [-0.3, -0.25) is 9.59 Å². The summed E-state index contributed by atoms with van der Waals surface area (Å²) in [6, 6.07) is 0. The highest BCUT2D eigenvalue weighted by Gasteiger charge is 2.37. The molecule has 5 heteroatoms. The first-order chi connectivity index (χ1) is 7.68. The van der Waals surface area contributed by atoms with E-state index in [4.69, 9.17) is 5.11 Å². The van der Waals surface area contributed by atoms with Gasteiger partial charge in [0.25, 0.3) is 0 Å². The van der Waals surface area contributed by atoms with Gasteiger partial charge in [0, 0.05) is 6.54 Å². The van der Waals surface area contributed by atoms with Gasteiger partial charge in [-0.1, -0.05) is 0 Å². The molecule has 2 saturated heterocycles. The Morgan fingerprint density at radius 2 is 2.12 bits per heavy atom. The molecule has 16 heavy (non-hydrogen) atoms. The molecule has 3 atom stereocenters. The van der Waals surface area contributed by atoms with Crippen molar-refractivity contribution in [3.05, 3.63) is 0 Å². The zero-order valence-electron chi connectivity index (χ0n) is 9.24. The van der Waals surface area contributed by atoms with Gasteiger partial charge in [-0.25, -0.2) is 0 Å². The van der Waals surface area contributed by atoms with Crippen molar-refractivity contribution in [3.63, 3.8) is 0 Å². The van der Waals surface area contributed by atoms with Crippen molar-refractivity contribution >= 4 is 11.9 Å². The lowest BCUT2D eigenvalue weighted by Crippen LogP contribution is -2.49. The van der Waals surface area contributed by atoms with Crippen molar-refractivity contribution in [1.29, 1.82) is 0 Å². The van der Waals surface area contributed by atoms with Crippen LogP contribution in [0.1, 0.15) is 19.3 Å². The Hall–Kier alpha value is -1.10. The minimum absolute atomic E-state index is 0.312. The van der Waals surface area contributed by atoms with E-state index in [-0.39, 0.29) is 5.91 Å². The number of aliphatic carboxylic acids is 1. The maximum Gasteiger partial charge on any atom is 0.316 e. The monoisotopic (exact) mass is 226 g/mol. The molecular weight excluding hydrogens is 208 g/mol. The summed E-state index contributed by atoms with van der Waals surface area (Å²) in [6.45, 7) is 2.64. The van der Waals surface area contributed by atoms with Gasteiger partial charge in [-0.15, -0.1) is 0 Å². The largest absolute Gasteiger partial charge is 0.481 e. The lowest BCUT2D eigenvalue weighted by atomic mass is 9.78. The number of piperidine rings is 2. The van der Waals surface area contributed by atoms with Crippen LogP contribution in [0.5, 0.6) is 0 Å². The second-order valence-electron chi connectivity index (χ2n) is 4.74. The quantitative estimate of drug-likeness (QED) is 0.571. The Balaban J connectivity index is 1.96. The summed E-state index contributed by atoms with van der Waals surface area (Å²) >= 11 is 0. The molecule has 0 saturated carbocycles. The molecule has 2 aliphatic rings. The van der Waals surface area contributed by atoms with Crippen molar-refractivity contribution in [2.75, 3.05) is 19.6 Å². The molecule has 90 valence electrons. The van der Waals surface area contributed by atoms with E-state index in [9.17, 15) is 9.59 Å². The SMILES string of the molecule is O=C(O)[C@@H]1C[C@@H]([C@@H]2CCCNC2)CNC1=O. The molecular formula is C11H18N2O3. The van der Waals surface area contributed by atoms with E-state index in [2.05, 4.69) is 10.6 Å². The van der Waals surface area contributed by atoms with Gasteiger partial charge in [0.05, 0.1) is 0 Å². The Bertz CT molecular complexity index is 287. The smallest absolute Gasteiger partial charge is 0.316 e. The Morgan fingerprint density at radius 1 is 1.31 bits per heavy atom. The van der Waals surface area contributed by atoms with Crippen LogP contribution in [-0.2, 0) is 9.59 Å². The highest BCUT2D eigenvalue weighted by molar-refractivity contribution is 5.97. The molecule has 3 N–H and O–H groups in total. The second kappa shape index (κ2) is 4.82. The van der Waals surface area contributed by atoms with Gasteiger partial charge in [0.2, 0.25) is 5.91 Å². The predicted octanol–water partition coefficient (Wildman–Crippen LogP) is -0.177. The Labute approximate surface area is 94.6 Å². The van der Waals surface area contributed by atoms with Crippen LogP contribution in [0.15, 0.2) is 0 Å². The van der Waals surface area contributed by atoms with Crippen LogP contribution in [0.3, 0.4) is 0 Å². The van der Waals surface area contributed by atoms with E-state index in [1.54, 1.807) is 0 Å². The zero-order chi connectivity index (χ0) is 11.5. The third-order valence-electron chi connectivity index (χ3n) is 3.69. The van der Waals surface area contributed by atoms with Crippen LogP contribution in [0.2, 0.25) is 0 Å². The number of hydrogen-bond donors (Lipinski definition) is 3. The summed E-state index contributed by atoms with van der Waals surface area (Å²) in [5, 5.41) is 15.0. The summed E-state index contributed by atoms with van der Waals surface area (Å²) in [6.07, 6.45) is 2.78. The molecule has 0 aromatic heterocycles. The topological polar surface area (TPSA) is 78.4 Å². The van der Waals surface area contributed by atoms with E-state index in [1.165, 1.54) is 0 Å². The van der Waals surface area contributed by atoms with E-state index in [0.717, 1.165) is 25.9 Å². The van der Waals surface area contributed by atoms with Gasteiger partial charge < -0.3 is 15.7 Å². The van der Waals surface area contributed by atoms with Crippen molar-refractivity contribution in [2.45, 2.75) is 19.3 Å². The molecule has 0 aromatic rings. The number of carbonyl (C=O) groups is 2. The van der Waals surface area contributed by atoms with Gasteiger partial charge in [-0.05, 0) is 44.2 Å². The predicted molar refractivity (Wildman–Crippen MR) is 57.8 cm³/mol. The molecule has 0 aliphatic carbocycles. The molecule has 2 aliphatic heterocycles. The highest BCUT2D eigenvalue weighted by Crippen LogP contribution is 2.28. The van der Waals surface area contributed by atoms with Gasteiger partial charge in [0.15, 0.2) is 0 Å². The first-order valence-electron chi connectivity index (χ1n) is 5.89. The normalized spacial score (nSPS) is 35.5. The van der Waals surface area contributed by atoms with Crippen LogP contribution in [-0.4, -0.2) is 36.6 Å². The van der Waals surface area contributed by atoms with Crippen molar-refractivity contribution < 1.29 is 14.7 Å². The number of hydrogen-bond acceptors (Lipinski definition) is 3. The van der Waals surface area contributed by atoms with Crippen molar-refractivity contribution in [3.8, 4) is 0 Å². The zero-order valence-corrected chi connectivity index (χ0v) is 9.24. The fourth-order valence-electron chi connectivity index (χ4n) is 2.70. The number of carbonyl (C=O) groups excluding carboxylic acids is 1. The molecule has 2 rings (SSSR count). The summed E-state index contributed by atoms with van der Waals surface area (Å²) < 4.78 is 0. The molecule has 5 nitrogen and oxygen atoms in total. The van der Waals surface area contributed by atoms with Crippen LogP contribution in [0.25, 0.3) is 0 Å². The van der Waals surface area contributed by atoms with Gasteiger partial charge >= 0.3 is 5.97 Å². The van der Waals surface area contributed by atoms with Crippen LogP contribution < -0.4 is 10.6 Å². The Kier molecular flexibility index (Phi) is 3.43. The number of amides is 1. The number of nitrogens with one attached hydrogen (secondary N) is 2. The lowest BCUT2D eigenvalue weighted by Gasteiger charge is -2.35. The number of carboxylic acid groups (broad SMARTS) is 1. The van der Waals surface area contributed by atoms with Crippen LogP contribution >= 0.6 is 0 Å². The lowest BCUT2D eigenvalue weighted by molar-refractivity contribution is -0.149. The number of carboxylic acids is 1. The molecule has 0 radical (unpaired) electrons. The summed E-state index contributed by atoms with van der Waals surface area (Å²) in [5.74, 6) is -1.35. The molecule has 0 spiro atoms. The first-order valence-corrected chi connectivity index (χ1v) is 5.89. The molecule has 0 unspecified atom stereocenters.